The number of methoxy groups -OCH3 is 1. The number of hydrogen-bond donors (Lipinski definition) is 3. The third kappa shape index (κ3) is 3.77. The lowest BCUT2D eigenvalue weighted by molar-refractivity contribution is -0.120. The maximum atomic E-state index is 14.5. The maximum Gasteiger partial charge on any atom is 0.316 e. The first-order chi connectivity index (χ1) is 14.3. The van der Waals surface area contributed by atoms with E-state index < -0.39 is 41.1 Å². The smallest absolute Gasteiger partial charge is 0.316 e. The van der Waals surface area contributed by atoms with E-state index in [9.17, 15) is 18.4 Å². The topological polar surface area (TPSA) is 92.4 Å². The first kappa shape index (κ1) is 20.3. The zero-order valence-corrected chi connectivity index (χ0v) is 16.7. The number of carbonyl (C=O) groups is 2. The average molecular weight is 437 g/mol. The molecule has 10 heteroatoms. The fourth-order valence-electron chi connectivity index (χ4n) is 3.79. The minimum Gasteiger partial charge on any atom is -0.497 e. The minimum absolute atomic E-state index is 0.00491. The van der Waals surface area contributed by atoms with Crippen LogP contribution in [0.3, 0.4) is 0 Å². The lowest BCUT2D eigenvalue weighted by Gasteiger charge is -2.23. The maximum absolute atomic E-state index is 14.5. The predicted molar refractivity (Wildman–Crippen MR) is 104 cm³/mol. The van der Waals surface area contributed by atoms with Crippen LogP contribution in [-0.2, 0) is 10.3 Å². The molecule has 2 atom stereocenters. The molecule has 3 N–H and O–H groups in total. The SMILES string of the molecule is COc1cc(F)c([C@@H]2CNC(=O)[C@H]2NC(=O)NC2(c3ccnc(Cl)c3)CC2)c(F)c1. The molecule has 0 spiro atoms. The molecule has 4 rings (SSSR count). The van der Waals surface area contributed by atoms with Crippen molar-refractivity contribution in [3.63, 3.8) is 0 Å². The van der Waals surface area contributed by atoms with Gasteiger partial charge in [-0.05, 0) is 30.5 Å². The van der Waals surface area contributed by atoms with Gasteiger partial charge in [0.1, 0.15) is 28.6 Å². The molecule has 0 unspecified atom stereocenters. The van der Waals surface area contributed by atoms with Crippen LogP contribution in [0.4, 0.5) is 13.6 Å². The fraction of sp³-hybridized carbons (Fsp3) is 0.350. The van der Waals surface area contributed by atoms with E-state index in [4.69, 9.17) is 16.3 Å². The van der Waals surface area contributed by atoms with Gasteiger partial charge < -0.3 is 20.7 Å². The molecular weight excluding hydrogens is 418 g/mol. The summed E-state index contributed by atoms with van der Waals surface area (Å²) in [6, 6.07) is 3.78. The van der Waals surface area contributed by atoms with Crippen molar-refractivity contribution in [2.45, 2.75) is 30.3 Å². The number of nitrogens with one attached hydrogen (secondary N) is 3. The Balaban J connectivity index is 1.52. The fourth-order valence-corrected chi connectivity index (χ4v) is 3.97. The Bertz CT molecular complexity index is 992. The molecule has 2 aromatic rings. The molecule has 1 aromatic heterocycles. The van der Waals surface area contributed by atoms with Crippen LogP contribution in [-0.4, -0.2) is 36.6 Å². The number of urea groups is 1. The third-order valence-corrected chi connectivity index (χ3v) is 5.72. The van der Waals surface area contributed by atoms with Crippen LogP contribution in [0.5, 0.6) is 5.75 Å². The highest BCUT2D eigenvalue weighted by molar-refractivity contribution is 6.29. The molecule has 30 heavy (non-hydrogen) atoms. The first-order valence-corrected chi connectivity index (χ1v) is 9.72. The quantitative estimate of drug-likeness (QED) is 0.628. The van der Waals surface area contributed by atoms with E-state index >= 15 is 0 Å². The molecule has 1 saturated carbocycles. The Kier molecular flexibility index (Phi) is 5.23. The summed E-state index contributed by atoms with van der Waals surface area (Å²) in [4.78, 5) is 28.9. The number of aromatic nitrogens is 1. The molecule has 3 amide bonds. The molecule has 158 valence electrons. The lowest BCUT2D eigenvalue weighted by Crippen LogP contribution is -2.50. The van der Waals surface area contributed by atoms with Crippen molar-refractivity contribution in [3.8, 4) is 5.75 Å². The second-order valence-corrected chi connectivity index (χ2v) is 7.77. The molecule has 7 nitrogen and oxygen atoms in total. The third-order valence-electron chi connectivity index (χ3n) is 5.51. The summed E-state index contributed by atoms with van der Waals surface area (Å²) in [7, 11) is 1.30. The van der Waals surface area contributed by atoms with Crippen molar-refractivity contribution in [1.29, 1.82) is 0 Å². The standard InChI is InChI=1S/C20H19ClF2N4O3/c1-30-11-7-13(22)16(14(23)8-11)12-9-25-18(28)17(12)26-19(29)27-20(3-4-20)10-2-5-24-15(21)6-10/h2,5-8,12,17H,3-4,9H2,1H3,(H,25,28)(H2,26,27,29)/t12-,17-/m0/s1. The van der Waals surface area contributed by atoms with E-state index in [1.54, 1.807) is 18.3 Å². The number of benzene rings is 1. The van der Waals surface area contributed by atoms with Crippen molar-refractivity contribution in [2.75, 3.05) is 13.7 Å². The highest BCUT2D eigenvalue weighted by Crippen LogP contribution is 2.45. The van der Waals surface area contributed by atoms with Crippen LogP contribution in [0.15, 0.2) is 30.5 Å². The average Bonchev–Trinajstić information content (AvgIpc) is 3.40. The molecule has 1 aliphatic heterocycles. The molecule has 0 radical (unpaired) electrons. The molecule has 1 aliphatic carbocycles. The zero-order valence-electron chi connectivity index (χ0n) is 16.0. The minimum atomic E-state index is -1.13. The lowest BCUT2D eigenvalue weighted by atomic mass is 9.93. The Hall–Kier alpha value is -2.94. The summed E-state index contributed by atoms with van der Waals surface area (Å²) >= 11 is 5.94. The molecule has 2 fully saturated rings. The van der Waals surface area contributed by atoms with Gasteiger partial charge >= 0.3 is 6.03 Å². The number of halogens is 3. The van der Waals surface area contributed by atoms with E-state index in [0.29, 0.717) is 18.0 Å². The summed E-state index contributed by atoms with van der Waals surface area (Å²) < 4.78 is 33.9. The van der Waals surface area contributed by atoms with Gasteiger partial charge in [-0.2, -0.15) is 0 Å². The van der Waals surface area contributed by atoms with Crippen molar-refractivity contribution < 1.29 is 23.1 Å². The highest BCUT2D eigenvalue weighted by Gasteiger charge is 2.47. The monoisotopic (exact) mass is 436 g/mol. The summed E-state index contributed by atoms with van der Waals surface area (Å²) in [6.45, 7) is -0.00491. The number of carbonyl (C=O) groups excluding carboxylic acids is 2. The van der Waals surface area contributed by atoms with Gasteiger partial charge in [-0.25, -0.2) is 18.6 Å². The zero-order chi connectivity index (χ0) is 21.5. The number of rotatable bonds is 5. The molecule has 1 aromatic carbocycles. The van der Waals surface area contributed by atoms with Gasteiger partial charge in [0.25, 0.3) is 0 Å². The van der Waals surface area contributed by atoms with Crippen LogP contribution in [0.1, 0.15) is 29.9 Å². The Morgan fingerprint density at radius 3 is 2.60 bits per heavy atom. The molecule has 1 saturated heterocycles. The summed E-state index contributed by atoms with van der Waals surface area (Å²) in [5.41, 5.74) is -0.0727. The van der Waals surface area contributed by atoms with Crippen LogP contribution in [0, 0.1) is 11.6 Å². The first-order valence-electron chi connectivity index (χ1n) is 9.34. The number of hydrogen-bond acceptors (Lipinski definition) is 4. The van der Waals surface area contributed by atoms with Gasteiger partial charge in [-0.1, -0.05) is 11.6 Å². The van der Waals surface area contributed by atoms with E-state index in [-0.39, 0.29) is 17.9 Å². The number of pyridine rings is 1. The molecule has 0 bridgehead atoms. The van der Waals surface area contributed by atoms with Gasteiger partial charge in [0.15, 0.2) is 0 Å². The van der Waals surface area contributed by atoms with E-state index in [1.807, 2.05) is 0 Å². The molecular formula is C20H19ClF2N4O3. The van der Waals surface area contributed by atoms with Crippen molar-refractivity contribution in [3.05, 3.63) is 58.4 Å². The van der Waals surface area contributed by atoms with Crippen LogP contribution >= 0.6 is 11.6 Å². The van der Waals surface area contributed by atoms with Crippen LogP contribution in [0.25, 0.3) is 0 Å². The number of amides is 3. The second-order valence-electron chi connectivity index (χ2n) is 7.38. The van der Waals surface area contributed by atoms with Gasteiger partial charge in [-0.3, -0.25) is 4.79 Å². The Labute approximate surface area is 176 Å². The van der Waals surface area contributed by atoms with E-state index in [0.717, 1.165) is 17.7 Å². The number of nitrogens with zero attached hydrogens (tertiary/aromatic N) is 1. The van der Waals surface area contributed by atoms with Crippen LogP contribution < -0.4 is 20.7 Å². The summed E-state index contributed by atoms with van der Waals surface area (Å²) in [5.74, 6) is -3.07. The molecule has 2 heterocycles. The van der Waals surface area contributed by atoms with Gasteiger partial charge in [-0.15, -0.1) is 0 Å². The Morgan fingerprint density at radius 2 is 2.00 bits per heavy atom. The van der Waals surface area contributed by atoms with E-state index in [2.05, 4.69) is 20.9 Å². The number of ether oxygens (including phenoxy) is 1. The second kappa shape index (κ2) is 7.71. The largest absolute Gasteiger partial charge is 0.497 e. The Morgan fingerprint density at radius 1 is 1.30 bits per heavy atom. The van der Waals surface area contributed by atoms with Gasteiger partial charge in [0.2, 0.25) is 5.91 Å². The van der Waals surface area contributed by atoms with E-state index in [1.165, 1.54) is 7.11 Å². The van der Waals surface area contributed by atoms with Gasteiger partial charge in [0, 0.05) is 36.4 Å². The van der Waals surface area contributed by atoms with Crippen molar-refractivity contribution in [2.24, 2.45) is 0 Å². The summed E-state index contributed by atoms with van der Waals surface area (Å²) in [6.07, 6.45) is 2.94. The van der Waals surface area contributed by atoms with Crippen LogP contribution in [0.2, 0.25) is 5.15 Å². The summed E-state index contributed by atoms with van der Waals surface area (Å²) in [5, 5.41) is 8.28. The van der Waals surface area contributed by atoms with Gasteiger partial charge in [0.05, 0.1) is 12.6 Å². The molecule has 2 aliphatic rings. The normalized spacial score (nSPS) is 21.7. The predicted octanol–water partition coefficient (Wildman–Crippen LogP) is 2.59. The van der Waals surface area contributed by atoms with Crippen molar-refractivity contribution >= 4 is 23.5 Å². The van der Waals surface area contributed by atoms with Crippen molar-refractivity contribution in [1.82, 2.24) is 20.9 Å². The highest BCUT2D eigenvalue weighted by atomic mass is 35.5.